The van der Waals surface area contributed by atoms with Crippen LogP contribution >= 0.6 is 0 Å². The van der Waals surface area contributed by atoms with Gasteiger partial charge in [0.1, 0.15) is 5.60 Å². The van der Waals surface area contributed by atoms with Gasteiger partial charge in [-0.25, -0.2) is 0 Å². The molecule has 7 heteroatoms. The van der Waals surface area contributed by atoms with Gasteiger partial charge in [0.15, 0.2) is 5.78 Å². The maximum absolute atomic E-state index is 13.7. The van der Waals surface area contributed by atoms with Crippen LogP contribution in [0.15, 0.2) is 12.7 Å². The maximum Gasteiger partial charge on any atom is 0.322 e. The Morgan fingerprint density at radius 2 is 1.76 bits per heavy atom. The summed E-state index contributed by atoms with van der Waals surface area (Å²) in [7, 11) is 0. The molecule has 0 unspecified atom stereocenters. The van der Waals surface area contributed by atoms with E-state index < -0.39 is 46.5 Å². The highest BCUT2D eigenvalue weighted by atomic mass is 16.7. The van der Waals surface area contributed by atoms with E-state index in [0.29, 0.717) is 12.8 Å². The fraction of sp³-hybridized carbons (Fsp3) is 0.852. The van der Waals surface area contributed by atoms with Crippen LogP contribution in [0, 0.1) is 28.6 Å². The van der Waals surface area contributed by atoms with Gasteiger partial charge in [-0.05, 0) is 62.9 Å². The first-order valence-electron chi connectivity index (χ1n) is 13.0. The van der Waals surface area contributed by atoms with Gasteiger partial charge in [0.05, 0.1) is 18.1 Å². The summed E-state index contributed by atoms with van der Waals surface area (Å²) in [6, 6.07) is 0. The lowest BCUT2D eigenvalue weighted by Gasteiger charge is -2.67. The lowest BCUT2D eigenvalue weighted by molar-refractivity contribution is -0.362. The smallest absolute Gasteiger partial charge is 0.322 e. The number of allylic oxidation sites excluding steroid dienone is 1. The SMILES string of the molecule is C=C[C@@H](C)CC(=O)[C@@]1(O)[C@@H](C)[C@@H](O)C[C@H]2C(C)(C)CC[C@@](O)(OC(=O)CN3CCCCC3)[C@@]21C. The van der Waals surface area contributed by atoms with Crippen molar-refractivity contribution in [1.82, 2.24) is 4.90 Å². The summed E-state index contributed by atoms with van der Waals surface area (Å²) in [4.78, 5) is 28.8. The monoisotopic (exact) mass is 479 g/mol. The van der Waals surface area contributed by atoms with E-state index in [1.807, 2.05) is 25.7 Å². The second kappa shape index (κ2) is 9.64. The topological polar surface area (TPSA) is 107 Å². The number of nitrogens with zero attached hydrogens (tertiary/aromatic N) is 1. The van der Waals surface area contributed by atoms with Crippen LogP contribution in [0.25, 0.3) is 0 Å². The fourth-order valence-electron chi connectivity index (χ4n) is 7.05. The number of carbonyl (C=O) groups excluding carboxylic acids is 2. The first-order chi connectivity index (χ1) is 15.7. The standard InChI is InChI=1S/C27H45NO6/c1-7-18(2)15-22(30)27(33)19(3)20(29)16-21-24(4,5)11-12-26(32,25(21,27)6)34-23(31)17-28-13-9-8-10-14-28/h7,18-21,29,32-33H,1,8-17H2,2-6H3/t18-,19+,20+,21+,25-,26-,27+/m1/s1. The van der Waals surface area contributed by atoms with E-state index in [1.54, 1.807) is 19.9 Å². The van der Waals surface area contributed by atoms with Gasteiger partial charge in [-0.3, -0.25) is 14.5 Å². The average molecular weight is 480 g/mol. The molecular weight excluding hydrogens is 434 g/mol. The van der Waals surface area contributed by atoms with Gasteiger partial charge < -0.3 is 20.1 Å². The van der Waals surface area contributed by atoms with Gasteiger partial charge in [-0.1, -0.05) is 40.2 Å². The van der Waals surface area contributed by atoms with Crippen LogP contribution in [-0.2, 0) is 14.3 Å². The molecule has 3 aliphatic rings. The van der Waals surface area contributed by atoms with Crippen molar-refractivity contribution in [3.05, 3.63) is 12.7 Å². The Hall–Kier alpha value is -1.28. The van der Waals surface area contributed by atoms with E-state index in [4.69, 9.17) is 4.74 Å². The van der Waals surface area contributed by atoms with Crippen molar-refractivity contribution in [3.8, 4) is 0 Å². The molecule has 0 aromatic heterocycles. The van der Waals surface area contributed by atoms with Crippen LogP contribution in [-0.4, -0.2) is 69.1 Å². The molecule has 34 heavy (non-hydrogen) atoms. The number of aliphatic hydroxyl groups excluding tert-OH is 1. The second-order valence-electron chi connectivity index (χ2n) is 12.0. The number of rotatable bonds is 7. The van der Waals surface area contributed by atoms with E-state index in [2.05, 4.69) is 6.58 Å². The van der Waals surface area contributed by atoms with Crippen molar-refractivity contribution in [1.29, 1.82) is 0 Å². The quantitative estimate of drug-likeness (QED) is 0.293. The number of ketones is 1. The van der Waals surface area contributed by atoms with Gasteiger partial charge in [-0.2, -0.15) is 0 Å². The Morgan fingerprint density at radius 3 is 2.35 bits per heavy atom. The van der Waals surface area contributed by atoms with E-state index in [0.717, 1.165) is 32.4 Å². The van der Waals surface area contributed by atoms with Crippen LogP contribution in [0.4, 0.5) is 0 Å². The Labute approximate surface area is 204 Å². The Morgan fingerprint density at radius 1 is 1.15 bits per heavy atom. The summed E-state index contributed by atoms with van der Waals surface area (Å²) in [6.07, 6.45) is 4.91. The minimum Gasteiger partial charge on any atom is -0.432 e. The number of ether oxygens (including phenoxy) is 1. The average Bonchev–Trinajstić information content (AvgIpc) is 2.78. The lowest BCUT2D eigenvalue weighted by atomic mass is 9.41. The molecule has 7 nitrogen and oxygen atoms in total. The van der Waals surface area contributed by atoms with Crippen molar-refractivity contribution in [3.63, 3.8) is 0 Å². The van der Waals surface area contributed by atoms with E-state index in [1.165, 1.54) is 0 Å². The third kappa shape index (κ3) is 4.38. The zero-order valence-corrected chi connectivity index (χ0v) is 21.7. The summed E-state index contributed by atoms with van der Waals surface area (Å²) in [5.74, 6) is -4.49. The predicted molar refractivity (Wildman–Crippen MR) is 130 cm³/mol. The molecule has 2 saturated carbocycles. The van der Waals surface area contributed by atoms with Gasteiger partial charge in [-0.15, -0.1) is 6.58 Å². The molecule has 3 rings (SSSR count). The minimum atomic E-state index is -2.08. The van der Waals surface area contributed by atoms with Gasteiger partial charge in [0.2, 0.25) is 5.79 Å². The summed E-state index contributed by atoms with van der Waals surface area (Å²) in [6.45, 7) is 14.7. The third-order valence-corrected chi connectivity index (χ3v) is 9.48. The molecule has 0 radical (unpaired) electrons. The van der Waals surface area contributed by atoms with Crippen LogP contribution < -0.4 is 0 Å². The second-order valence-corrected chi connectivity index (χ2v) is 12.0. The molecule has 194 valence electrons. The molecule has 3 fully saturated rings. The zero-order valence-electron chi connectivity index (χ0n) is 21.7. The van der Waals surface area contributed by atoms with E-state index in [-0.39, 0.29) is 30.7 Å². The zero-order chi connectivity index (χ0) is 25.5. The molecule has 0 aromatic rings. The Bertz CT molecular complexity index is 792. The molecule has 0 bridgehead atoms. The van der Waals surface area contributed by atoms with Gasteiger partial charge in [0, 0.05) is 18.8 Å². The largest absolute Gasteiger partial charge is 0.432 e. The van der Waals surface area contributed by atoms with Crippen molar-refractivity contribution in [2.24, 2.45) is 28.6 Å². The maximum atomic E-state index is 13.7. The predicted octanol–water partition coefficient (Wildman–Crippen LogP) is 3.06. The number of fused-ring (bicyclic) bond motifs is 1. The summed E-state index contributed by atoms with van der Waals surface area (Å²) in [5, 5.41) is 35.3. The normalized spacial score (nSPS) is 41.2. The van der Waals surface area contributed by atoms with Crippen LogP contribution in [0.3, 0.4) is 0 Å². The van der Waals surface area contributed by atoms with Crippen molar-refractivity contribution in [2.75, 3.05) is 19.6 Å². The first kappa shape index (κ1) is 27.3. The summed E-state index contributed by atoms with van der Waals surface area (Å²) < 4.78 is 5.87. The number of likely N-dealkylation sites (tertiary alicyclic amines) is 1. The Balaban J connectivity index is 2.03. The third-order valence-electron chi connectivity index (χ3n) is 9.48. The number of piperidine rings is 1. The number of hydrogen-bond acceptors (Lipinski definition) is 7. The lowest BCUT2D eigenvalue weighted by Crippen LogP contribution is -2.77. The summed E-state index contributed by atoms with van der Waals surface area (Å²) in [5.41, 5.74) is -3.96. The highest BCUT2D eigenvalue weighted by Crippen LogP contribution is 2.66. The molecule has 7 atom stereocenters. The molecular formula is C27H45NO6. The molecule has 1 saturated heterocycles. The highest BCUT2D eigenvalue weighted by molar-refractivity contribution is 5.89. The molecule has 0 aromatic carbocycles. The number of Topliss-reactive ketones (excluding diaryl/α,β-unsaturated/α-hetero) is 1. The minimum absolute atomic E-state index is 0.0254. The molecule has 2 aliphatic carbocycles. The van der Waals surface area contributed by atoms with Crippen LogP contribution in [0.5, 0.6) is 0 Å². The highest BCUT2D eigenvalue weighted by Gasteiger charge is 2.75. The molecule has 1 heterocycles. The number of hydrogen-bond donors (Lipinski definition) is 3. The number of carbonyl (C=O) groups is 2. The molecule has 1 aliphatic heterocycles. The Kier molecular flexibility index (Phi) is 7.74. The molecule has 0 amide bonds. The van der Waals surface area contributed by atoms with Gasteiger partial charge in [0.25, 0.3) is 0 Å². The first-order valence-corrected chi connectivity index (χ1v) is 13.0. The van der Waals surface area contributed by atoms with E-state index >= 15 is 0 Å². The number of esters is 1. The van der Waals surface area contributed by atoms with Crippen molar-refractivity contribution < 1.29 is 29.6 Å². The van der Waals surface area contributed by atoms with Crippen LogP contribution in [0.2, 0.25) is 0 Å². The molecule has 3 N–H and O–H groups in total. The fourth-order valence-corrected chi connectivity index (χ4v) is 7.05. The van der Waals surface area contributed by atoms with Gasteiger partial charge >= 0.3 is 5.97 Å². The number of aliphatic hydroxyl groups is 3. The van der Waals surface area contributed by atoms with E-state index in [9.17, 15) is 24.9 Å². The van der Waals surface area contributed by atoms with Crippen molar-refractivity contribution >= 4 is 11.8 Å². The van der Waals surface area contributed by atoms with Crippen molar-refractivity contribution in [2.45, 2.75) is 97.1 Å². The van der Waals surface area contributed by atoms with Crippen LogP contribution in [0.1, 0.15) is 79.6 Å². The summed E-state index contributed by atoms with van der Waals surface area (Å²) >= 11 is 0. The molecule has 0 spiro atoms.